The van der Waals surface area contributed by atoms with Crippen molar-refractivity contribution in [3.8, 4) is 11.5 Å². The van der Waals surface area contributed by atoms with Crippen LogP contribution in [-0.2, 0) is 0 Å². The van der Waals surface area contributed by atoms with E-state index in [-0.39, 0.29) is 6.04 Å². The lowest BCUT2D eigenvalue weighted by molar-refractivity contribution is 0.472. The van der Waals surface area contributed by atoms with E-state index >= 15 is 0 Å². The molecule has 0 amide bonds. The van der Waals surface area contributed by atoms with E-state index in [1.165, 1.54) is 5.56 Å². The standard InChI is InChI=1S/C17H19Br2NO/c1-10(2)15-8-12(18)4-7-17(15)21-13-5-6-14(11(3)20)16(19)9-13/h4-11H,20H2,1-3H3/t11-/m0/s1. The first-order chi connectivity index (χ1) is 9.88. The molecular weight excluding hydrogens is 394 g/mol. The normalized spacial score (nSPS) is 12.5. The number of ether oxygens (including phenoxy) is 1. The zero-order valence-corrected chi connectivity index (χ0v) is 15.5. The zero-order chi connectivity index (χ0) is 15.6. The first-order valence-corrected chi connectivity index (χ1v) is 8.49. The Morgan fingerprint density at radius 3 is 2.24 bits per heavy atom. The van der Waals surface area contributed by atoms with Gasteiger partial charge < -0.3 is 10.5 Å². The van der Waals surface area contributed by atoms with Gasteiger partial charge in [-0.25, -0.2) is 0 Å². The lowest BCUT2D eigenvalue weighted by atomic mass is 10.0. The Morgan fingerprint density at radius 2 is 1.67 bits per heavy atom. The van der Waals surface area contributed by atoms with E-state index < -0.39 is 0 Å². The molecule has 0 heterocycles. The first kappa shape index (κ1) is 16.5. The Kier molecular flexibility index (Phi) is 5.47. The highest BCUT2D eigenvalue weighted by molar-refractivity contribution is 9.10. The molecule has 1 atom stereocenters. The Balaban J connectivity index is 2.32. The predicted molar refractivity (Wildman–Crippen MR) is 95.0 cm³/mol. The summed E-state index contributed by atoms with van der Waals surface area (Å²) < 4.78 is 8.08. The molecule has 0 aliphatic heterocycles. The van der Waals surface area contributed by atoms with Crippen LogP contribution in [0.2, 0.25) is 0 Å². The maximum absolute atomic E-state index is 6.05. The van der Waals surface area contributed by atoms with Gasteiger partial charge in [-0.15, -0.1) is 0 Å². The quantitative estimate of drug-likeness (QED) is 0.653. The van der Waals surface area contributed by atoms with Crippen LogP contribution in [0.1, 0.15) is 43.9 Å². The molecule has 0 saturated heterocycles. The molecule has 0 saturated carbocycles. The summed E-state index contributed by atoms with van der Waals surface area (Å²) in [7, 11) is 0. The molecule has 2 rings (SSSR count). The molecule has 0 aliphatic rings. The van der Waals surface area contributed by atoms with Crippen molar-refractivity contribution in [3.63, 3.8) is 0 Å². The minimum atomic E-state index is -0.00710. The average Bonchev–Trinajstić information content (AvgIpc) is 2.40. The summed E-state index contributed by atoms with van der Waals surface area (Å²) >= 11 is 7.06. The minimum Gasteiger partial charge on any atom is -0.457 e. The van der Waals surface area contributed by atoms with Crippen LogP contribution in [0.15, 0.2) is 45.3 Å². The molecule has 4 heteroatoms. The van der Waals surface area contributed by atoms with Gasteiger partial charge in [-0.3, -0.25) is 0 Å². The summed E-state index contributed by atoms with van der Waals surface area (Å²) in [5.41, 5.74) is 8.17. The largest absolute Gasteiger partial charge is 0.457 e. The second kappa shape index (κ2) is 6.95. The van der Waals surface area contributed by atoms with Crippen LogP contribution in [0.4, 0.5) is 0 Å². The van der Waals surface area contributed by atoms with Crippen LogP contribution >= 0.6 is 31.9 Å². The van der Waals surface area contributed by atoms with Gasteiger partial charge in [0.2, 0.25) is 0 Å². The highest BCUT2D eigenvalue weighted by Crippen LogP contribution is 2.34. The Labute approximate surface area is 143 Å². The van der Waals surface area contributed by atoms with Gasteiger partial charge in [0.15, 0.2) is 0 Å². The molecule has 0 unspecified atom stereocenters. The van der Waals surface area contributed by atoms with Gasteiger partial charge in [-0.1, -0.05) is 51.8 Å². The first-order valence-electron chi connectivity index (χ1n) is 6.91. The van der Waals surface area contributed by atoms with Crippen LogP contribution in [0, 0.1) is 0 Å². The molecule has 0 radical (unpaired) electrons. The third kappa shape index (κ3) is 4.09. The maximum atomic E-state index is 6.05. The van der Waals surface area contributed by atoms with Crippen LogP contribution < -0.4 is 10.5 Å². The van der Waals surface area contributed by atoms with Crippen molar-refractivity contribution in [2.75, 3.05) is 0 Å². The van der Waals surface area contributed by atoms with Crippen molar-refractivity contribution >= 4 is 31.9 Å². The van der Waals surface area contributed by atoms with Gasteiger partial charge in [0.25, 0.3) is 0 Å². The number of halogens is 2. The summed E-state index contributed by atoms with van der Waals surface area (Å²) in [5, 5.41) is 0. The predicted octanol–water partition coefficient (Wildman–Crippen LogP) is 6.15. The van der Waals surface area contributed by atoms with E-state index in [0.717, 1.165) is 26.0 Å². The second-order valence-electron chi connectivity index (χ2n) is 5.41. The van der Waals surface area contributed by atoms with E-state index in [1.54, 1.807) is 0 Å². The summed E-state index contributed by atoms with van der Waals surface area (Å²) in [6.45, 7) is 6.28. The van der Waals surface area contributed by atoms with Gasteiger partial charge in [0.1, 0.15) is 11.5 Å². The minimum absolute atomic E-state index is 0.00710. The summed E-state index contributed by atoms with van der Waals surface area (Å²) in [6, 6.07) is 12.0. The summed E-state index contributed by atoms with van der Waals surface area (Å²) in [4.78, 5) is 0. The smallest absolute Gasteiger partial charge is 0.130 e. The lowest BCUT2D eigenvalue weighted by Gasteiger charge is -2.15. The summed E-state index contributed by atoms with van der Waals surface area (Å²) in [6.07, 6.45) is 0. The molecule has 0 aromatic heterocycles. The monoisotopic (exact) mass is 411 g/mol. The highest BCUT2D eigenvalue weighted by Gasteiger charge is 2.11. The molecule has 0 spiro atoms. The Hall–Kier alpha value is -0.840. The average molecular weight is 413 g/mol. The maximum Gasteiger partial charge on any atom is 0.130 e. The zero-order valence-electron chi connectivity index (χ0n) is 12.4. The topological polar surface area (TPSA) is 35.2 Å². The van der Waals surface area contributed by atoms with Crippen LogP contribution in [0.3, 0.4) is 0 Å². The third-order valence-corrected chi connectivity index (χ3v) is 4.46. The molecule has 2 aromatic rings. The SMILES string of the molecule is CC(C)c1cc(Br)ccc1Oc1ccc([C@H](C)N)c(Br)c1. The molecule has 0 bridgehead atoms. The number of hydrogen-bond donors (Lipinski definition) is 1. The van der Waals surface area contributed by atoms with E-state index in [1.807, 2.05) is 37.3 Å². The van der Waals surface area contributed by atoms with E-state index in [4.69, 9.17) is 10.5 Å². The van der Waals surface area contributed by atoms with Crippen molar-refractivity contribution in [2.45, 2.75) is 32.7 Å². The number of hydrogen-bond acceptors (Lipinski definition) is 2. The van der Waals surface area contributed by atoms with Crippen molar-refractivity contribution in [2.24, 2.45) is 5.73 Å². The van der Waals surface area contributed by atoms with E-state index in [2.05, 4.69) is 51.8 Å². The van der Waals surface area contributed by atoms with E-state index in [9.17, 15) is 0 Å². The molecule has 0 aliphatic carbocycles. The molecule has 112 valence electrons. The summed E-state index contributed by atoms with van der Waals surface area (Å²) in [5.74, 6) is 2.08. The Bertz CT molecular complexity index is 639. The fourth-order valence-corrected chi connectivity index (χ4v) is 3.23. The van der Waals surface area contributed by atoms with Crippen molar-refractivity contribution in [1.29, 1.82) is 0 Å². The van der Waals surface area contributed by atoms with E-state index in [0.29, 0.717) is 5.92 Å². The third-order valence-electron chi connectivity index (χ3n) is 3.28. The second-order valence-corrected chi connectivity index (χ2v) is 7.18. The van der Waals surface area contributed by atoms with Gasteiger partial charge >= 0.3 is 0 Å². The number of nitrogens with two attached hydrogens (primary N) is 1. The van der Waals surface area contributed by atoms with Gasteiger partial charge in [-0.05, 0) is 54.3 Å². The van der Waals surface area contributed by atoms with Crippen molar-refractivity contribution < 1.29 is 4.74 Å². The lowest BCUT2D eigenvalue weighted by Crippen LogP contribution is -2.05. The molecule has 2 N–H and O–H groups in total. The van der Waals surface area contributed by atoms with Crippen molar-refractivity contribution in [3.05, 3.63) is 56.5 Å². The van der Waals surface area contributed by atoms with Crippen LogP contribution in [0.25, 0.3) is 0 Å². The molecule has 2 aromatic carbocycles. The van der Waals surface area contributed by atoms with Crippen LogP contribution in [-0.4, -0.2) is 0 Å². The van der Waals surface area contributed by atoms with Gasteiger partial charge in [-0.2, -0.15) is 0 Å². The fraction of sp³-hybridized carbons (Fsp3) is 0.294. The number of rotatable bonds is 4. The molecular formula is C17H19Br2NO. The highest BCUT2D eigenvalue weighted by atomic mass is 79.9. The molecule has 0 fully saturated rings. The fourth-order valence-electron chi connectivity index (χ4n) is 2.13. The van der Waals surface area contributed by atoms with Crippen molar-refractivity contribution in [1.82, 2.24) is 0 Å². The Morgan fingerprint density at radius 1 is 0.952 bits per heavy atom. The van der Waals surface area contributed by atoms with Gasteiger partial charge in [0, 0.05) is 15.0 Å². The molecule has 21 heavy (non-hydrogen) atoms. The van der Waals surface area contributed by atoms with Gasteiger partial charge in [0.05, 0.1) is 0 Å². The van der Waals surface area contributed by atoms with Crippen LogP contribution in [0.5, 0.6) is 11.5 Å². The number of benzene rings is 2. The molecule has 2 nitrogen and oxygen atoms in total.